The molecule has 0 spiro atoms. The van der Waals surface area contributed by atoms with Crippen LogP contribution in [0.25, 0.3) is 0 Å². The van der Waals surface area contributed by atoms with Crippen LogP contribution in [0.2, 0.25) is 0 Å². The third-order valence-electron chi connectivity index (χ3n) is 7.47. The number of unbranched alkanes of at least 4 members (excludes halogenated alkanes) is 12. The van der Waals surface area contributed by atoms with Crippen molar-refractivity contribution in [3.63, 3.8) is 0 Å². The van der Waals surface area contributed by atoms with Crippen LogP contribution < -0.4 is 0 Å². The zero-order chi connectivity index (χ0) is 33.2. The number of rotatable bonds is 31. The summed E-state index contributed by atoms with van der Waals surface area (Å²) in [7, 11) is 0. The monoisotopic (exact) mass is 630 g/mol. The lowest BCUT2D eigenvalue weighted by Gasteiger charge is -2.12. The second-order valence-electron chi connectivity index (χ2n) is 12.5. The van der Waals surface area contributed by atoms with Crippen molar-refractivity contribution in [3.05, 3.63) is 48.6 Å². The lowest BCUT2D eigenvalue weighted by Crippen LogP contribution is -2.25. The number of esters is 2. The van der Waals surface area contributed by atoms with Gasteiger partial charge in [0, 0.05) is 19.3 Å². The van der Waals surface area contributed by atoms with Crippen molar-refractivity contribution in [2.75, 3.05) is 13.2 Å². The highest BCUT2D eigenvalue weighted by atomic mass is 16.6. The van der Waals surface area contributed by atoms with Crippen LogP contribution in [0.1, 0.15) is 156 Å². The van der Waals surface area contributed by atoms with Gasteiger partial charge in [0.1, 0.15) is 19.3 Å². The van der Waals surface area contributed by atoms with Crippen LogP contribution >= 0.6 is 0 Å². The Balaban J connectivity index is 3.62. The molecule has 1 N–H and O–H groups in total. The maximum absolute atomic E-state index is 11.9. The van der Waals surface area contributed by atoms with E-state index in [0.717, 1.165) is 63.7 Å². The fraction of sp³-hybridized carbons (Fsp3) is 0.718. The normalized spacial score (nSPS) is 12.7. The highest BCUT2D eigenvalue weighted by Gasteiger charge is 2.12. The van der Waals surface area contributed by atoms with Crippen molar-refractivity contribution in [3.8, 4) is 0 Å². The van der Waals surface area contributed by atoms with Crippen LogP contribution in [-0.2, 0) is 23.9 Å². The summed E-state index contributed by atoms with van der Waals surface area (Å²) in [5.74, 6) is 0.341. The summed E-state index contributed by atoms with van der Waals surface area (Å²) in [5, 5.41) is 9.97. The predicted octanol–water partition coefficient (Wildman–Crippen LogP) is 10.1. The van der Waals surface area contributed by atoms with E-state index in [9.17, 15) is 19.5 Å². The van der Waals surface area contributed by atoms with E-state index in [0.29, 0.717) is 19.3 Å². The minimum Gasteiger partial charge on any atom is -0.463 e. The first kappa shape index (κ1) is 42.5. The van der Waals surface area contributed by atoms with E-state index in [1.54, 1.807) is 6.08 Å². The van der Waals surface area contributed by atoms with Gasteiger partial charge < -0.3 is 14.6 Å². The number of ether oxygens (including phenoxy) is 2. The molecule has 0 aromatic rings. The van der Waals surface area contributed by atoms with Crippen molar-refractivity contribution >= 4 is 17.7 Å². The summed E-state index contributed by atoms with van der Waals surface area (Å²) in [5.41, 5.74) is 0. The Hall–Kier alpha value is -2.47. The summed E-state index contributed by atoms with van der Waals surface area (Å²) < 4.78 is 10.2. The molecule has 0 rings (SSSR count). The van der Waals surface area contributed by atoms with Crippen LogP contribution in [0.3, 0.4) is 0 Å². The van der Waals surface area contributed by atoms with Crippen molar-refractivity contribution in [1.29, 1.82) is 0 Å². The number of hydrogen-bond donors (Lipinski definition) is 1. The second kappa shape index (κ2) is 32.9. The molecule has 0 fully saturated rings. The summed E-state index contributed by atoms with van der Waals surface area (Å²) >= 11 is 0. The molecule has 0 aliphatic carbocycles. The molecule has 0 aliphatic rings. The largest absolute Gasteiger partial charge is 0.463 e. The molecule has 6 nitrogen and oxygen atoms in total. The van der Waals surface area contributed by atoms with Gasteiger partial charge in [0.25, 0.3) is 0 Å². The number of aliphatic hydroxyl groups is 1. The lowest BCUT2D eigenvalue weighted by molar-refractivity contribution is -0.152. The van der Waals surface area contributed by atoms with Gasteiger partial charge in [-0.1, -0.05) is 140 Å². The number of ketones is 1. The SMILES string of the molecule is CCCCCC(=O)/C=C/C=C\C/C=C\C/C=C\CCCC(=O)OC[C@@H](O)COC(=O)CCCCCCCCCCCCC(C)C. The third-order valence-corrected chi connectivity index (χ3v) is 7.47. The van der Waals surface area contributed by atoms with Crippen LogP contribution in [0, 0.1) is 5.92 Å². The predicted molar refractivity (Wildman–Crippen MR) is 187 cm³/mol. The molecule has 0 bridgehead atoms. The highest BCUT2D eigenvalue weighted by molar-refractivity contribution is 5.89. The Kier molecular flexibility index (Phi) is 31.1. The molecular formula is C39H66O6. The molecule has 258 valence electrons. The smallest absolute Gasteiger partial charge is 0.305 e. The molecule has 0 aliphatic heterocycles. The average molecular weight is 631 g/mol. The van der Waals surface area contributed by atoms with E-state index in [1.165, 1.54) is 51.4 Å². The molecule has 0 aromatic heterocycles. The summed E-state index contributed by atoms with van der Waals surface area (Å²) in [6.07, 6.45) is 35.8. The van der Waals surface area contributed by atoms with Gasteiger partial charge in [-0.25, -0.2) is 0 Å². The second-order valence-corrected chi connectivity index (χ2v) is 12.5. The molecule has 0 aromatic carbocycles. The molecule has 1 atom stereocenters. The van der Waals surface area contributed by atoms with Gasteiger partial charge in [-0.15, -0.1) is 0 Å². The summed E-state index contributed by atoms with van der Waals surface area (Å²) in [6, 6.07) is 0. The molecule has 45 heavy (non-hydrogen) atoms. The van der Waals surface area contributed by atoms with E-state index in [4.69, 9.17) is 9.47 Å². The average Bonchev–Trinajstić information content (AvgIpc) is 3.01. The number of allylic oxidation sites excluding steroid dienone is 8. The Morgan fingerprint density at radius 2 is 1.11 bits per heavy atom. The zero-order valence-electron chi connectivity index (χ0n) is 29.0. The number of aliphatic hydroxyl groups excluding tert-OH is 1. The Bertz CT molecular complexity index is 838. The van der Waals surface area contributed by atoms with Gasteiger partial charge in [0.15, 0.2) is 5.78 Å². The van der Waals surface area contributed by atoms with Crippen LogP contribution in [0.5, 0.6) is 0 Å². The van der Waals surface area contributed by atoms with E-state index in [-0.39, 0.29) is 37.4 Å². The standard InChI is InChI=1S/C39H66O6/c1-4-5-23-29-36(40)30-25-20-16-12-7-6-8-13-17-21-26-31-38(42)44-33-37(41)34-45-39(43)32-27-22-18-14-10-9-11-15-19-24-28-35(2)3/h6-7,13,16-17,20,25,30,35,37,41H,4-5,8-12,14-15,18-19,21-24,26-29,31-34H2,1-3H3/b7-6-,17-13-,20-16-,30-25+/t37-/m1/s1. The number of carbonyl (C=O) groups excluding carboxylic acids is 3. The van der Waals surface area contributed by atoms with E-state index >= 15 is 0 Å². The summed E-state index contributed by atoms with van der Waals surface area (Å²) in [6.45, 7) is 6.40. The highest BCUT2D eigenvalue weighted by Crippen LogP contribution is 2.14. The quantitative estimate of drug-likeness (QED) is 0.0269. The zero-order valence-corrected chi connectivity index (χ0v) is 29.0. The minimum atomic E-state index is -1.00. The molecule has 6 heteroatoms. The first-order chi connectivity index (χ1) is 21.8. The van der Waals surface area contributed by atoms with Gasteiger partial charge in [-0.05, 0) is 50.5 Å². The van der Waals surface area contributed by atoms with Crippen molar-refractivity contribution in [2.45, 2.75) is 162 Å². The summed E-state index contributed by atoms with van der Waals surface area (Å²) in [4.78, 5) is 35.5. The molecule has 0 saturated carbocycles. The van der Waals surface area contributed by atoms with Crippen LogP contribution in [0.4, 0.5) is 0 Å². The Morgan fingerprint density at radius 3 is 1.71 bits per heavy atom. The van der Waals surface area contributed by atoms with Crippen molar-refractivity contribution in [2.24, 2.45) is 5.92 Å². The van der Waals surface area contributed by atoms with Gasteiger partial charge in [-0.3, -0.25) is 14.4 Å². The van der Waals surface area contributed by atoms with E-state index in [2.05, 4.69) is 39.0 Å². The third kappa shape index (κ3) is 34.2. The molecular weight excluding hydrogens is 564 g/mol. The fourth-order valence-corrected chi connectivity index (χ4v) is 4.69. The minimum absolute atomic E-state index is 0.148. The Labute approximate surface area is 275 Å². The van der Waals surface area contributed by atoms with Gasteiger partial charge in [-0.2, -0.15) is 0 Å². The maximum atomic E-state index is 11.9. The molecule has 0 heterocycles. The van der Waals surface area contributed by atoms with Crippen LogP contribution in [-0.4, -0.2) is 42.1 Å². The van der Waals surface area contributed by atoms with Crippen molar-refractivity contribution < 1.29 is 29.0 Å². The van der Waals surface area contributed by atoms with E-state index in [1.807, 2.05) is 24.3 Å². The first-order valence-electron chi connectivity index (χ1n) is 18.0. The first-order valence-corrected chi connectivity index (χ1v) is 18.0. The van der Waals surface area contributed by atoms with Crippen molar-refractivity contribution in [1.82, 2.24) is 0 Å². The lowest BCUT2D eigenvalue weighted by atomic mass is 10.0. The Morgan fingerprint density at radius 1 is 0.600 bits per heavy atom. The molecule has 0 unspecified atom stereocenters. The van der Waals surface area contributed by atoms with Crippen LogP contribution in [0.15, 0.2) is 48.6 Å². The maximum Gasteiger partial charge on any atom is 0.305 e. The molecule has 0 saturated heterocycles. The topological polar surface area (TPSA) is 89.9 Å². The molecule has 0 amide bonds. The number of carbonyl (C=O) groups is 3. The molecule has 0 radical (unpaired) electrons. The van der Waals surface area contributed by atoms with Gasteiger partial charge in [0.2, 0.25) is 0 Å². The van der Waals surface area contributed by atoms with E-state index < -0.39 is 6.10 Å². The van der Waals surface area contributed by atoms with Gasteiger partial charge >= 0.3 is 11.9 Å². The van der Waals surface area contributed by atoms with Gasteiger partial charge in [0.05, 0.1) is 0 Å². The number of hydrogen-bond acceptors (Lipinski definition) is 6. The fourth-order valence-electron chi connectivity index (χ4n) is 4.69.